The normalized spacial score (nSPS) is 19.5. The molecule has 0 unspecified atom stereocenters. The number of benzene rings is 2. The van der Waals surface area contributed by atoms with Gasteiger partial charge in [0, 0.05) is 16.7 Å². The molecule has 0 aliphatic carbocycles. The molecule has 0 saturated carbocycles. The Labute approximate surface area is 143 Å². The van der Waals surface area contributed by atoms with Crippen LogP contribution in [0.15, 0.2) is 54.6 Å². The number of amides is 1. The Morgan fingerprint density at radius 2 is 2.00 bits per heavy atom. The number of carbonyl (C=O) groups is 1. The second kappa shape index (κ2) is 5.92. The van der Waals surface area contributed by atoms with Crippen molar-refractivity contribution in [2.75, 3.05) is 13.2 Å². The summed E-state index contributed by atoms with van der Waals surface area (Å²) >= 11 is 1.46. The summed E-state index contributed by atoms with van der Waals surface area (Å²) in [5.74, 6) is 0.524. The van der Waals surface area contributed by atoms with Crippen molar-refractivity contribution in [3.05, 3.63) is 65.0 Å². The minimum Gasteiger partial charge on any atom is -0.493 e. The Hall–Kier alpha value is -2.37. The zero-order valence-electron chi connectivity index (χ0n) is 13.0. The van der Waals surface area contributed by atoms with Crippen LogP contribution in [-0.4, -0.2) is 24.2 Å². The van der Waals surface area contributed by atoms with Crippen molar-refractivity contribution in [1.82, 2.24) is 5.32 Å². The van der Waals surface area contributed by atoms with E-state index in [-0.39, 0.29) is 12.5 Å². The molecule has 1 aromatic heterocycles. The van der Waals surface area contributed by atoms with E-state index in [0.29, 0.717) is 23.7 Å². The third-order valence-electron chi connectivity index (χ3n) is 4.35. The first-order valence-corrected chi connectivity index (χ1v) is 8.69. The molecule has 0 bridgehead atoms. The van der Waals surface area contributed by atoms with Crippen LogP contribution >= 0.6 is 11.3 Å². The number of nitrogens with one attached hydrogen (secondary N) is 1. The number of carbonyl (C=O) groups excluding carboxylic acids is 1. The highest BCUT2D eigenvalue weighted by atomic mass is 32.1. The molecule has 4 nitrogen and oxygen atoms in total. The third kappa shape index (κ3) is 2.66. The second-order valence-corrected chi connectivity index (χ2v) is 7.04. The quantitative estimate of drug-likeness (QED) is 0.770. The molecule has 24 heavy (non-hydrogen) atoms. The zero-order chi connectivity index (χ0) is 16.6. The number of hydrogen-bond donors (Lipinski definition) is 2. The summed E-state index contributed by atoms with van der Waals surface area (Å²) in [7, 11) is 0. The summed E-state index contributed by atoms with van der Waals surface area (Å²) in [5.41, 5.74) is -0.367. The number of thiophene rings is 1. The molecule has 1 aliphatic rings. The molecule has 1 atom stereocenters. The van der Waals surface area contributed by atoms with E-state index in [9.17, 15) is 9.90 Å². The van der Waals surface area contributed by atoms with E-state index in [0.717, 1.165) is 15.6 Å². The highest BCUT2D eigenvalue weighted by molar-refractivity contribution is 7.20. The molecule has 5 heteroatoms. The molecule has 0 fully saturated rings. The molecule has 2 N–H and O–H groups in total. The molecular formula is C19H17NO3S. The van der Waals surface area contributed by atoms with Gasteiger partial charge in [-0.3, -0.25) is 4.79 Å². The Kier molecular flexibility index (Phi) is 3.75. The van der Waals surface area contributed by atoms with Crippen LogP contribution in [0.3, 0.4) is 0 Å². The fraction of sp³-hybridized carbons (Fsp3) is 0.211. The molecule has 1 amide bonds. The monoisotopic (exact) mass is 339 g/mol. The minimum atomic E-state index is -1.10. The van der Waals surface area contributed by atoms with Crippen LogP contribution in [0, 0.1) is 0 Å². The predicted molar refractivity (Wildman–Crippen MR) is 94.6 cm³/mol. The highest BCUT2D eigenvalue weighted by Crippen LogP contribution is 2.36. The first-order valence-electron chi connectivity index (χ1n) is 7.87. The van der Waals surface area contributed by atoms with Crippen LogP contribution in [0.5, 0.6) is 5.75 Å². The molecule has 0 radical (unpaired) electrons. The number of rotatable bonds is 3. The first kappa shape index (κ1) is 15.2. The van der Waals surface area contributed by atoms with Crippen LogP contribution < -0.4 is 10.1 Å². The number of hydrogen-bond acceptors (Lipinski definition) is 4. The molecule has 3 aromatic rings. The maximum atomic E-state index is 12.5. The maximum Gasteiger partial charge on any atom is 0.261 e. The molecule has 4 rings (SSSR count). The molecule has 2 aromatic carbocycles. The van der Waals surface area contributed by atoms with Crippen LogP contribution in [0.4, 0.5) is 0 Å². The Morgan fingerprint density at radius 3 is 2.88 bits per heavy atom. The van der Waals surface area contributed by atoms with Crippen molar-refractivity contribution in [2.24, 2.45) is 0 Å². The Balaban J connectivity index is 1.53. The smallest absolute Gasteiger partial charge is 0.261 e. The van der Waals surface area contributed by atoms with Crippen LogP contribution in [-0.2, 0) is 5.60 Å². The lowest BCUT2D eigenvalue weighted by atomic mass is 9.88. The van der Waals surface area contributed by atoms with Crippen molar-refractivity contribution < 1.29 is 14.6 Å². The van der Waals surface area contributed by atoms with E-state index in [2.05, 4.69) is 5.32 Å². The molecule has 122 valence electrons. The summed E-state index contributed by atoms with van der Waals surface area (Å²) in [5, 5.41) is 14.9. The van der Waals surface area contributed by atoms with Gasteiger partial charge in [0.05, 0.1) is 18.0 Å². The van der Waals surface area contributed by atoms with Gasteiger partial charge in [-0.25, -0.2) is 0 Å². The van der Waals surface area contributed by atoms with E-state index in [4.69, 9.17) is 4.74 Å². The summed E-state index contributed by atoms with van der Waals surface area (Å²) in [6.07, 6.45) is 0.455. The third-order valence-corrected chi connectivity index (χ3v) is 5.47. The van der Waals surface area contributed by atoms with Crippen molar-refractivity contribution in [3.8, 4) is 5.75 Å². The van der Waals surface area contributed by atoms with Gasteiger partial charge in [0.2, 0.25) is 0 Å². The van der Waals surface area contributed by atoms with Crippen LogP contribution in [0.25, 0.3) is 10.1 Å². The van der Waals surface area contributed by atoms with Gasteiger partial charge < -0.3 is 15.2 Å². The van der Waals surface area contributed by atoms with Crippen molar-refractivity contribution in [2.45, 2.75) is 12.0 Å². The van der Waals surface area contributed by atoms with E-state index < -0.39 is 5.60 Å². The summed E-state index contributed by atoms with van der Waals surface area (Å²) in [4.78, 5) is 13.1. The first-order chi connectivity index (χ1) is 11.7. The van der Waals surface area contributed by atoms with Gasteiger partial charge in [-0.05, 0) is 23.6 Å². The fourth-order valence-electron chi connectivity index (χ4n) is 3.03. The van der Waals surface area contributed by atoms with E-state index >= 15 is 0 Å². The SMILES string of the molecule is O=C(NC[C@]1(O)CCOc2ccccc21)c1cc2ccccc2s1. The van der Waals surface area contributed by atoms with E-state index in [1.807, 2.05) is 54.6 Å². The number of aliphatic hydroxyl groups is 1. The second-order valence-electron chi connectivity index (χ2n) is 5.96. The highest BCUT2D eigenvalue weighted by Gasteiger charge is 2.35. The average Bonchev–Trinajstić information content (AvgIpc) is 3.04. The summed E-state index contributed by atoms with van der Waals surface area (Å²) < 4.78 is 6.66. The van der Waals surface area contributed by atoms with E-state index in [1.54, 1.807) is 0 Å². The molecule has 0 saturated heterocycles. The van der Waals surface area contributed by atoms with Gasteiger partial charge in [-0.15, -0.1) is 11.3 Å². The van der Waals surface area contributed by atoms with E-state index in [1.165, 1.54) is 11.3 Å². The van der Waals surface area contributed by atoms with Crippen LogP contribution in [0.2, 0.25) is 0 Å². The lowest BCUT2D eigenvalue weighted by Gasteiger charge is -2.34. The Morgan fingerprint density at radius 1 is 1.21 bits per heavy atom. The van der Waals surface area contributed by atoms with Crippen molar-refractivity contribution in [1.29, 1.82) is 0 Å². The fourth-order valence-corrected chi connectivity index (χ4v) is 4.01. The maximum absolute atomic E-state index is 12.5. The molecular weight excluding hydrogens is 322 g/mol. The van der Waals surface area contributed by atoms with Crippen molar-refractivity contribution >= 4 is 27.3 Å². The van der Waals surface area contributed by atoms with Crippen LogP contribution in [0.1, 0.15) is 21.7 Å². The molecule has 2 heterocycles. The number of para-hydroxylation sites is 1. The van der Waals surface area contributed by atoms with Gasteiger partial charge in [-0.2, -0.15) is 0 Å². The molecule has 1 aliphatic heterocycles. The summed E-state index contributed by atoms with van der Waals surface area (Å²) in [6, 6.07) is 17.2. The topological polar surface area (TPSA) is 58.6 Å². The largest absolute Gasteiger partial charge is 0.493 e. The van der Waals surface area contributed by atoms with Gasteiger partial charge in [0.1, 0.15) is 11.4 Å². The van der Waals surface area contributed by atoms with Gasteiger partial charge in [0.15, 0.2) is 0 Å². The minimum absolute atomic E-state index is 0.159. The van der Waals surface area contributed by atoms with Crippen molar-refractivity contribution in [3.63, 3.8) is 0 Å². The lowest BCUT2D eigenvalue weighted by Crippen LogP contribution is -2.43. The van der Waals surface area contributed by atoms with Gasteiger partial charge in [-0.1, -0.05) is 36.4 Å². The average molecular weight is 339 g/mol. The number of fused-ring (bicyclic) bond motifs is 2. The summed E-state index contributed by atoms with van der Waals surface area (Å²) in [6.45, 7) is 0.604. The van der Waals surface area contributed by atoms with Gasteiger partial charge >= 0.3 is 0 Å². The number of ether oxygens (including phenoxy) is 1. The van der Waals surface area contributed by atoms with Gasteiger partial charge in [0.25, 0.3) is 5.91 Å². The lowest BCUT2D eigenvalue weighted by molar-refractivity contribution is -0.00157. The molecule has 0 spiro atoms. The zero-order valence-corrected chi connectivity index (χ0v) is 13.8. The standard InChI is InChI=1S/C19H17NO3S/c21-18(17-11-13-5-1-4-8-16(13)24-17)20-12-19(22)9-10-23-15-7-3-2-6-14(15)19/h1-8,11,22H,9-10,12H2,(H,20,21)/t19-/m1/s1. The Bertz CT molecular complexity index is 871. The predicted octanol–water partition coefficient (Wildman–Crippen LogP) is 3.30.